The molecule has 1 aliphatic rings. The van der Waals surface area contributed by atoms with Gasteiger partial charge in [-0.25, -0.2) is 4.79 Å². The molecule has 0 radical (unpaired) electrons. The van der Waals surface area contributed by atoms with Gasteiger partial charge in [0.05, 0.1) is 7.11 Å². The minimum absolute atomic E-state index is 0.0937. The van der Waals surface area contributed by atoms with Crippen molar-refractivity contribution in [3.05, 3.63) is 0 Å². The predicted molar refractivity (Wildman–Crippen MR) is 73.8 cm³/mol. The van der Waals surface area contributed by atoms with Crippen molar-refractivity contribution in [3.63, 3.8) is 0 Å². The Kier molecular flexibility index (Phi) is 4.48. The molecular weight excluding hydrogens is 244 g/mol. The Balaban J connectivity index is 2.66. The second kappa shape index (κ2) is 5.39. The number of rotatable bonds is 1. The van der Waals surface area contributed by atoms with Crippen molar-refractivity contribution < 1.29 is 14.3 Å². The van der Waals surface area contributed by atoms with Crippen LogP contribution in [0.4, 0.5) is 4.79 Å². The molecule has 5 nitrogen and oxygen atoms in total. The summed E-state index contributed by atoms with van der Waals surface area (Å²) in [5, 5.41) is 0. The largest absolute Gasteiger partial charge is 0.453 e. The predicted octanol–water partition coefficient (Wildman–Crippen LogP) is 1.97. The van der Waals surface area contributed by atoms with E-state index in [-0.39, 0.29) is 17.4 Å². The van der Waals surface area contributed by atoms with Crippen LogP contribution in [0.25, 0.3) is 0 Å². The third-order valence-corrected chi connectivity index (χ3v) is 4.41. The van der Waals surface area contributed by atoms with Crippen molar-refractivity contribution in [2.45, 2.75) is 34.6 Å². The van der Waals surface area contributed by atoms with Gasteiger partial charge >= 0.3 is 6.09 Å². The van der Waals surface area contributed by atoms with Crippen LogP contribution in [-0.2, 0) is 9.53 Å². The van der Waals surface area contributed by atoms with E-state index in [0.717, 1.165) is 0 Å². The second-order valence-corrected chi connectivity index (χ2v) is 6.62. The number of piperazine rings is 1. The molecule has 0 spiro atoms. The quantitative estimate of drug-likeness (QED) is 0.732. The number of ether oxygens (including phenoxy) is 1. The van der Waals surface area contributed by atoms with E-state index in [1.165, 1.54) is 7.11 Å². The second-order valence-electron chi connectivity index (χ2n) is 6.62. The molecule has 0 aromatic heterocycles. The first-order chi connectivity index (χ1) is 8.61. The third kappa shape index (κ3) is 3.19. The highest BCUT2D eigenvalue weighted by atomic mass is 16.5. The molecule has 0 aliphatic carbocycles. The van der Waals surface area contributed by atoms with Crippen LogP contribution < -0.4 is 0 Å². The summed E-state index contributed by atoms with van der Waals surface area (Å²) in [6, 6.07) is 0. The first kappa shape index (κ1) is 15.8. The number of amides is 2. The number of hydrogen-bond acceptors (Lipinski definition) is 3. The van der Waals surface area contributed by atoms with E-state index in [2.05, 4.69) is 20.8 Å². The van der Waals surface area contributed by atoms with Gasteiger partial charge in [-0.05, 0) is 5.41 Å². The molecular formula is C14H26N2O3. The summed E-state index contributed by atoms with van der Waals surface area (Å²) < 4.78 is 4.69. The van der Waals surface area contributed by atoms with E-state index in [1.54, 1.807) is 4.90 Å². The number of carbonyl (C=O) groups excluding carboxylic acids is 2. The van der Waals surface area contributed by atoms with Crippen LogP contribution in [-0.4, -0.2) is 55.1 Å². The summed E-state index contributed by atoms with van der Waals surface area (Å²) in [6.45, 7) is 12.4. The zero-order valence-electron chi connectivity index (χ0n) is 12.9. The van der Waals surface area contributed by atoms with Crippen LogP contribution in [0.1, 0.15) is 34.6 Å². The average Bonchev–Trinajstić information content (AvgIpc) is 2.35. The van der Waals surface area contributed by atoms with Gasteiger partial charge in [0.25, 0.3) is 0 Å². The molecule has 2 amide bonds. The summed E-state index contributed by atoms with van der Waals surface area (Å²) in [5.41, 5.74) is -0.510. The maximum atomic E-state index is 12.6. The van der Waals surface area contributed by atoms with E-state index in [9.17, 15) is 9.59 Å². The van der Waals surface area contributed by atoms with Crippen LogP contribution in [0.3, 0.4) is 0 Å². The molecule has 0 N–H and O–H groups in total. The topological polar surface area (TPSA) is 49.9 Å². The van der Waals surface area contributed by atoms with Crippen LogP contribution >= 0.6 is 0 Å². The maximum absolute atomic E-state index is 12.6. The molecule has 0 bridgehead atoms. The van der Waals surface area contributed by atoms with Crippen molar-refractivity contribution in [2.24, 2.45) is 10.8 Å². The molecule has 0 saturated carbocycles. The van der Waals surface area contributed by atoms with Gasteiger partial charge in [0.15, 0.2) is 0 Å². The highest BCUT2D eigenvalue weighted by Crippen LogP contribution is 2.39. The van der Waals surface area contributed by atoms with Gasteiger partial charge in [-0.3, -0.25) is 4.79 Å². The fourth-order valence-corrected chi connectivity index (χ4v) is 1.94. The Morgan fingerprint density at radius 3 is 1.68 bits per heavy atom. The molecule has 0 aromatic rings. The molecule has 19 heavy (non-hydrogen) atoms. The van der Waals surface area contributed by atoms with Crippen LogP contribution in [0.15, 0.2) is 0 Å². The lowest BCUT2D eigenvalue weighted by Gasteiger charge is -2.43. The lowest BCUT2D eigenvalue weighted by Crippen LogP contribution is -2.55. The van der Waals surface area contributed by atoms with Gasteiger partial charge in [-0.1, -0.05) is 34.6 Å². The summed E-state index contributed by atoms with van der Waals surface area (Å²) in [6.07, 6.45) is -0.317. The Labute approximate surface area is 115 Å². The fraction of sp³-hybridized carbons (Fsp3) is 0.857. The zero-order valence-corrected chi connectivity index (χ0v) is 12.9. The van der Waals surface area contributed by atoms with Crippen molar-refractivity contribution in [1.82, 2.24) is 9.80 Å². The Bertz CT molecular complexity index is 350. The molecule has 1 heterocycles. The Morgan fingerprint density at radius 1 is 0.895 bits per heavy atom. The molecule has 1 fully saturated rings. The molecule has 1 saturated heterocycles. The molecule has 0 aromatic carbocycles. The van der Waals surface area contributed by atoms with Crippen LogP contribution in [0.5, 0.6) is 0 Å². The van der Waals surface area contributed by atoms with E-state index in [0.29, 0.717) is 26.2 Å². The monoisotopic (exact) mass is 270 g/mol. The standard InChI is InChI=1S/C14H26N2O3/c1-13(2,3)14(4,5)11(17)15-7-9-16(10-8-15)12(18)19-6/h7-10H2,1-6H3. The lowest BCUT2D eigenvalue weighted by atomic mass is 9.68. The van der Waals surface area contributed by atoms with Crippen molar-refractivity contribution in [3.8, 4) is 0 Å². The number of carbonyl (C=O) groups is 2. The molecule has 1 aliphatic heterocycles. The smallest absolute Gasteiger partial charge is 0.409 e. The first-order valence-electron chi connectivity index (χ1n) is 6.73. The summed E-state index contributed by atoms with van der Waals surface area (Å²) in [5.74, 6) is 0.157. The SMILES string of the molecule is COC(=O)N1CCN(C(=O)C(C)(C)C(C)(C)C)CC1. The lowest BCUT2D eigenvalue weighted by molar-refractivity contribution is -0.147. The van der Waals surface area contributed by atoms with Gasteiger partial charge in [0.2, 0.25) is 5.91 Å². The number of nitrogens with zero attached hydrogens (tertiary/aromatic N) is 2. The van der Waals surface area contributed by atoms with Gasteiger partial charge in [0, 0.05) is 31.6 Å². The Morgan fingerprint density at radius 2 is 1.32 bits per heavy atom. The molecule has 5 heteroatoms. The minimum Gasteiger partial charge on any atom is -0.453 e. The first-order valence-corrected chi connectivity index (χ1v) is 6.73. The molecule has 110 valence electrons. The maximum Gasteiger partial charge on any atom is 0.409 e. The third-order valence-electron chi connectivity index (χ3n) is 4.41. The summed E-state index contributed by atoms with van der Waals surface area (Å²) in [4.78, 5) is 27.5. The average molecular weight is 270 g/mol. The van der Waals surface area contributed by atoms with Crippen LogP contribution in [0, 0.1) is 10.8 Å². The highest BCUT2D eigenvalue weighted by Gasteiger charge is 2.42. The van der Waals surface area contributed by atoms with Crippen molar-refractivity contribution >= 4 is 12.0 Å². The summed E-state index contributed by atoms with van der Waals surface area (Å²) in [7, 11) is 1.38. The van der Waals surface area contributed by atoms with Gasteiger partial charge in [-0.2, -0.15) is 0 Å². The zero-order chi connectivity index (χ0) is 14.8. The van der Waals surface area contributed by atoms with E-state index >= 15 is 0 Å². The molecule has 1 rings (SSSR count). The van der Waals surface area contributed by atoms with Crippen molar-refractivity contribution in [2.75, 3.05) is 33.3 Å². The van der Waals surface area contributed by atoms with E-state index in [4.69, 9.17) is 4.74 Å². The summed E-state index contributed by atoms with van der Waals surface area (Å²) >= 11 is 0. The van der Waals surface area contributed by atoms with E-state index < -0.39 is 5.41 Å². The van der Waals surface area contributed by atoms with Gasteiger partial charge in [-0.15, -0.1) is 0 Å². The van der Waals surface area contributed by atoms with Crippen LogP contribution in [0.2, 0.25) is 0 Å². The molecule has 0 atom stereocenters. The van der Waals surface area contributed by atoms with E-state index in [1.807, 2.05) is 18.7 Å². The number of hydrogen-bond donors (Lipinski definition) is 0. The van der Waals surface area contributed by atoms with Crippen molar-refractivity contribution in [1.29, 1.82) is 0 Å². The fourth-order valence-electron chi connectivity index (χ4n) is 1.94. The molecule has 0 unspecified atom stereocenters. The minimum atomic E-state index is -0.416. The highest BCUT2D eigenvalue weighted by molar-refractivity contribution is 5.83. The Hall–Kier alpha value is -1.26. The normalized spacial score (nSPS) is 17.4. The van der Waals surface area contributed by atoms with Gasteiger partial charge in [0.1, 0.15) is 0 Å². The van der Waals surface area contributed by atoms with Gasteiger partial charge < -0.3 is 14.5 Å². The number of methoxy groups -OCH3 is 1.